The number of carbonyl (C=O) groups excluding carboxylic acids is 2. The highest BCUT2D eigenvalue weighted by Crippen LogP contribution is 2.09. The summed E-state index contributed by atoms with van der Waals surface area (Å²) in [7, 11) is 0. The summed E-state index contributed by atoms with van der Waals surface area (Å²) >= 11 is 0. The molecule has 0 bridgehead atoms. The molecule has 1 aromatic heterocycles. The molecule has 0 aliphatic carbocycles. The number of carbonyl (C=O) groups is 2. The van der Waals surface area contributed by atoms with E-state index in [0.717, 1.165) is 11.1 Å². The van der Waals surface area contributed by atoms with E-state index in [1.165, 1.54) is 23.4 Å². The van der Waals surface area contributed by atoms with Gasteiger partial charge in [0.05, 0.1) is 0 Å². The first-order valence-electron chi connectivity index (χ1n) is 9.48. The number of hydrogen-bond donors (Lipinski definition) is 1. The molecule has 0 aliphatic heterocycles. The van der Waals surface area contributed by atoms with Gasteiger partial charge in [-0.05, 0) is 19.4 Å². The zero-order valence-electron chi connectivity index (χ0n) is 17.0. The fraction of sp³-hybridized carbons (Fsp3) is 0.261. The van der Waals surface area contributed by atoms with Gasteiger partial charge in [-0.25, -0.2) is 0 Å². The number of nitrogens with one attached hydrogen (secondary N) is 1. The lowest BCUT2D eigenvalue weighted by molar-refractivity contribution is 0.0776. The van der Waals surface area contributed by atoms with Crippen molar-refractivity contribution in [3.05, 3.63) is 94.4 Å². The lowest BCUT2D eigenvalue weighted by atomic mass is 10.1. The summed E-state index contributed by atoms with van der Waals surface area (Å²) in [6, 6.07) is 9.61. The highest BCUT2D eigenvalue weighted by atomic mass is 16.2. The van der Waals surface area contributed by atoms with E-state index in [2.05, 4.69) is 18.5 Å². The molecule has 0 unspecified atom stereocenters. The molecule has 1 heterocycles. The SMILES string of the molecule is C=CCNC(=O)c1cn(Cc2ccccc2)cc(C(=O)N(CC)CC(=C)C)c1=O. The molecule has 1 aromatic carbocycles. The maximum atomic E-state index is 13.0. The van der Waals surface area contributed by atoms with Crippen molar-refractivity contribution in [2.75, 3.05) is 19.6 Å². The third-order valence-electron chi connectivity index (χ3n) is 4.30. The van der Waals surface area contributed by atoms with E-state index in [1.54, 1.807) is 4.57 Å². The molecule has 0 aliphatic rings. The molecule has 0 saturated carbocycles. The average molecular weight is 393 g/mol. The van der Waals surface area contributed by atoms with Gasteiger partial charge >= 0.3 is 0 Å². The van der Waals surface area contributed by atoms with Crippen LogP contribution < -0.4 is 10.7 Å². The summed E-state index contributed by atoms with van der Waals surface area (Å²) in [6.45, 7) is 12.5. The van der Waals surface area contributed by atoms with E-state index in [4.69, 9.17) is 0 Å². The van der Waals surface area contributed by atoms with Crippen molar-refractivity contribution in [3.63, 3.8) is 0 Å². The maximum Gasteiger partial charge on any atom is 0.259 e. The third-order valence-corrected chi connectivity index (χ3v) is 4.30. The van der Waals surface area contributed by atoms with Crippen LogP contribution in [-0.2, 0) is 6.54 Å². The van der Waals surface area contributed by atoms with Gasteiger partial charge in [-0.2, -0.15) is 0 Å². The van der Waals surface area contributed by atoms with Gasteiger partial charge in [-0.1, -0.05) is 48.6 Å². The Morgan fingerprint density at radius 3 is 2.41 bits per heavy atom. The number of pyridine rings is 1. The zero-order chi connectivity index (χ0) is 21.4. The fourth-order valence-electron chi connectivity index (χ4n) is 2.91. The molecule has 1 N–H and O–H groups in total. The number of nitrogens with zero attached hydrogens (tertiary/aromatic N) is 2. The molecule has 29 heavy (non-hydrogen) atoms. The molecule has 0 radical (unpaired) electrons. The quantitative estimate of drug-likeness (QED) is 0.666. The van der Waals surface area contributed by atoms with Crippen LogP contribution in [0.1, 0.15) is 40.1 Å². The Balaban J connectivity index is 2.52. The van der Waals surface area contributed by atoms with Gasteiger partial charge in [0.1, 0.15) is 11.1 Å². The number of hydrogen-bond acceptors (Lipinski definition) is 3. The molecule has 2 aromatic rings. The van der Waals surface area contributed by atoms with Crippen molar-refractivity contribution in [2.45, 2.75) is 20.4 Å². The van der Waals surface area contributed by atoms with E-state index < -0.39 is 17.2 Å². The van der Waals surface area contributed by atoms with Crippen LogP contribution in [0.2, 0.25) is 0 Å². The number of amides is 2. The Kier molecular flexibility index (Phi) is 7.71. The van der Waals surface area contributed by atoms with Gasteiger partial charge in [0.15, 0.2) is 0 Å². The van der Waals surface area contributed by atoms with Crippen LogP contribution in [0.4, 0.5) is 0 Å². The lowest BCUT2D eigenvalue weighted by Crippen LogP contribution is -2.38. The number of rotatable bonds is 9. The van der Waals surface area contributed by atoms with Gasteiger partial charge in [0, 0.05) is 38.6 Å². The van der Waals surface area contributed by atoms with Gasteiger partial charge in [-0.15, -0.1) is 6.58 Å². The topological polar surface area (TPSA) is 71.4 Å². The Labute approximate surface area is 171 Å². The van der Waals surface area contributed by atoms with Crippen molar-refractivity contribution in [3.8, 4) is 0 Å². The highest BCUT2D eigenvalue weighted by Gasteiger charge is 2.22. The van der Waals surface area contributed by atoms with Gasteiger partial charge in [0.25, 0.3) is 11.8 Å². The molecule has 2 rings (SSSR count). The summed E-state index contributed by atoms with van der Waals surface area (Å²) < 4.78 is 1.70. The van der Waals surface area contributed by atoms with Crippen molar-refractivity contribution < 1.29 is 9.59 Å². The zero-order valence-corrected chi connectivity index (χ0v) is 17.0. The predicted molar refractivity (Wildman–Crippen MR) is 115 cm³/mol. The fourth-order valence-corrected chi connectivity index (χ4v) is 2.91. The van der Waals surface area contributed by atoms with Crippen molar-refractivity contribution in [1.82, 2.24) is 14.8 Å². The molecule has 2 amide bonds. The standard InChI is InChI=1S/C23H27N3O3/c1-5-12-24-22(28)19-15-25(14-18-10-8-7-9-11-18)16-20(21(19)27)23(29)26(6-2)13-17(3)4/h5,7-11,15-16H,1,3,6,12-14H2,2,4H3,(H,24,28). The first-order chi connectivity index (χ1) is 13.9. The minimum absolute atomic E-state index is 0.0321. The Bertz CT molecular complexity index is 961. The van der Waals surface area contributed by atoms with Crippen molar-refractivity contribution in [1.29, 1.82) is 0 Å². The van der Waals surface area contributed by atoms with Crippen LogP contribution >= 0.6 is 0 Å². The van der Waals surface area contributed by atoms with Crippen LogP contribution in [0, 0.1) is 0 Å². The molecule has 0 saturated heterocycles. The van der Waals surface area contributed by atoms with Crippen LogP contribution in [-0.4, -0.2) is 40.9 Å². The lowest BCUT2D eigenvalue weighted by Gasteiger charge is -2.21. The molecule has 0 spiro atoms. The normalized spacial score (nSPS) is 10.3. The van der Waals surface area contributed by atoms with Crippen molar-refractivity contribution >= 4 is 11.8 Å². The third kappa shape index (κ3) is 5.78. The van der Waals surface area contributed by atoms with E-state index in [1.807, 2.05) is 44.2 Å². The summed E-state index contributed by atoms with van der Waals surface area (Å²) in [5.74, 6) is -0.949. The molecule has 6 heteroatoms. The molecular weight excluding hydrogens is 366 g/mol. The Hall–Kier alpha value is -3.41. The summed E-state index contributed by atoms with van der Waals surface area (Å²) in [5, 5.41) is 2.61. The minimum Gasteiger partial charge on any atom is -0.348 e. The largest absolute Gasteiger partial charge is 0.348 e. The van der Waals surface area contributed by atoms with Gasteiger partial charge in [0.2, 0.25) is 5.43 Å². The summed E-state index contributed by atoms with van der Waals surface area (Å²) in [6.07, 6.45) is 4.53. The Morgan fingerprint density at radius 1 is 1.17 bits per heavy atom. The first-order valence-corrected chi connectivity index (χ1v) is 9.48. The smallest absolute Gasteiger partial charge is 0.259 e. The van der Waals surface area contributed by atoms with E-state index in [0.29, 0.717) is 19.6 Å². The second-order valence-corrected chi connectivity index (χ2v) is 6.85. The number of aromatic nitrogens is 1. The molecule has 152 valence electrons. The molecular formula is C23H27N3O3. The number of likely N-dealkylation sites (N-methyl/N-ethyl adjacent to an activating group) is 1. The minimum atomic E-state index is -0.582. The van der Waals surface area contributed by atoms with Crippen molar-refractivity contribution in [2.24, 2.45) is 0 Å². The van der Waals surface area contributed by atoms with E-state index >= 15 is 0 Å². The maximum absolute atomic E-state index is 13.0. The average Bonchev–Trinajstić information content (AvgIpc) is 2.71. The van der Waals surface area contributed by atoms with Crippen LogP contribution in [0.15, 0.2) is 72.3 Å². The molecule has 0 atom stereocenters. The van der Waals surface area contributed by atoms with E-state index in [-0.39, 0.29) is 17.7 Å². The van der Waals surface area contributed by atoms with Crippen LogP contribution in [0.3, 0.4) is 0 Å². The second kappa shape index (κ2) is 10.2. The van der Waals surface area contributed by atoms with Crippen LogP contribution in [0.5, 0.6) is 0 Å². The Morgan fingerprint density at radius 2 is 1.83 bits per heavy atom. The first kappa shape index (κ1) is 21.9. The van der Waals surface area contributed by atoms with Gasteiger partial charge in [-0.3, -0.25) is 14.4 Å². The van der Waals surface area contributed by atoms with Gasteiger partial charge < -0.3 is 14.8 Å². The predicted octanol–water partition coefficient (Wildman–Crippen LogP) is 2.85. The second-order valence-electron chi connectivity index (χ2n) is 6.85. The monoisotopic (exact) mass is 393 g/mol. The highest BCUT2D eigenvalue weighted by molar-refractivity contribution is 5.99. The van der Waals surface area contributed by atoms with E-state index in [9.17, 15) is 14.4 Å². The molecule has 6 nitrogen and oxygen atoms in total. The molecule has 0 fully saturated rings. The van der Waals surface area contributed by atoms with Crippen LogP contribution in [0.25, 0.3) is 0 Å². The summed E-state index contributed by atoms with van der Waals surface area (Å²) in [4.78, 5) is 40.1. The summed E-state index contributed by atoms with van der Waals surface area (Å²) in [5.41, 5.74) is 1.11. The number of benzene rings is 1.